The first-order valence-corrected chi connectivity index (χ1v) is 35.1. The molecule has 25 nitrogen and oxygen atoms in total. The summed E-state index contributed by atoms with van der Waals surface area (Å²) >= 11 is 2.84. The smallest absolute Gasteiger partial charge is 0.255 e. The summed E-state index contributed by atoms with van der Waals surface area (Å²) in [5.74, 6) is -1.32. The van der Waals surface area contributed by atoms with Crippen LogP contribution in [0.25, 0.3) is 31.3 Å². The first-order valence-electron chi connectivity index (χ1n) is 33.4. The molecule has 0 saturated heterocycles. The number of amides is 3. The van der Waals surface area contributed by atoms with Crippen LogP contribution in [0, 0.1) is 0 Å². The normalized spacial score (nSPS) is 17.2. The van der Waals surface area contributed by atoms with Crippen molar-refractivity contribution in [1.29, 1.82) is 0 Å². The van der Waals surface area contributed by atoms with Crippen LogP contribution in [0.4, 0.5) is 70.4 Å². The van der Waals surface area contributed by atoms with Gasteiger partial charge in [-0.15, -0.1) is 22.7 Å². The van der Waals surface area contributed by atoms with Gasteiger partial charge in [-0.3, -0.25) is 19.3 Å². The minimum absolute atomic E-state index is 0.0293. The maximum atomic E-state index is 15.5. The van der Waals surface area contributed by atoms with E-state index < -0.39 is 109 Å². The second-order valence-corrected chi connectivity index (χ2v) is 29.6. The topological polar surface area (TPSA) is 354 Å². The summed E-state index contributed by atoms with van der Waals surface area (Å²) in [5, 5.41) is 89.0. The molecule has 1 saturated carbocycles. The number of aliphatic hydroxyl groups excluding tert-OH is 2. The van der Waals surface area contributed by atoms with Gasteiger partial charge in [0.05, 0.1) is 131 Å². The lowest BCUT2D eigenvalue weighted by atomic mass is 9.97. The van der Waals surface area contributed by atoms with E-state index in [1.807, 2.05) is 73.3 Å². The van der Waals surface area contributed by atoms with Crippen molar-refractivity contribution >= 4 is 129 Å². The second-order valence-electron chi connectivity index (χ2n) is 27.8. The number of fused-ring (bicyclic) bond motifs is 3. The lowest BCUT2D eigenvalue weighted by molar-refractivity contribution is -0.00209. The number of carbonyl (C=O) groups excluding carboxylic acids is 3. The lowest BCUT2D eigenvalue weighted by Gasteiger charge is -2.37. The van der Waals surface area contributed by atoms with Crippen molar-refractivity contribution in [2.75, 3.05) is 57.3 Å². The minimum Gasteiger partial charge on any atom is -0.394 e. The van der Waals surface area contributed by atoms with Crippen LogP contribution in [-0.4, -0.2) is 175 Å². The van der Waals surface area contributed by atoms with Crippen molar-refractivity contribution < 1.29 is 58.2 Å². The molecule has 11 rings (SSSR count). The van der Waals surface area contributed by atoms with Crippen molar-refractivity contribution in [3.63, 3.8) is 0 Å². The fraction of sp³-hybridized carbons (Fsp3) is 0.370. The molecule has 103 heavy (non-hydrogen) atoms. The van der Waals surface area contributed by atoms with Gasteiger partial charge < -0.3 is 72.8 Å². The highest BCUT2D eigenvalue weighted by Gasteiger charge is 2.47. The first kappa shape index (κ1) is 74.4. The average Bonchev–Trinajstić information content (AvgIpc) is 1.69. The summed E-state index contributed by atoms with van der Waals surface area (Å²) in [6.07, 6.45) is 0.205. The van der Waals surface area contributed by atoms with Crippen LogP contribution >= 0.6 is 22.7 Å². The quantitative estimate of drug-likeness (QED) is 0.0207. The molecule has 30 heteroatoms. The van der Waals surface area contributed by atoms with E-state index in [2.05, 4.69) is 62.1 Å². The summed E-state index contributed by atoms with van der Waals surface area (Å²) in [6.45, 7) is 10.8. The number of alkyl halides is 3. The van der Waals surface area contributed by atoms with E-state index in [4.69, 9.17) is 9.97 Å². The van der Waals surface area contributed by atoms with Crippen LogP contribution in [0.5, 0.6) is 0 Å². The van der Waals surface area contributed by atoms with Crippen LogP contribution in [-0.2, 0) is 0 Å². The van der Waals surface area contributed by atoms with E-state index >= 15 is 8.78 Å². The highest BCUT2D eigenvalue weighted by atomic mass is 32.1. The molecule has 6 aromatic heterocycles. The van der Waals surface area contributed by atoms with Gasteiger partial charge in [0.1, 0.15) is 48.4 Å². The number of nitrogens with zero attached hydrogens (tertiary/aromatic N) is 9. The molecule has 6 heterocycles. The molecule has 13 N–H and O–H groups in total. The number of nitrogens with one attached hydrogen (secondary N) is 7. The molecule has 0 aliphatic heterocycles. The molecule has 0 bridgehead atoms. The lowest BCUT2D eigenvalue weighted by Crippen LogP contribution is -2.45. The molecular weight excluding hydrogens is 1370 g/mol. The third-order valence-corrected chi connectivity index (χ3v) is 19.4. The summed E-state index contributed by atoms with van der Waals surface area (Å²) in [6, 6.07) is 25.4. The number of carbonyl (C=O) groups is 3. The Morgan fingerprint density at radius 2 is 1.14 bits per heavy atom. The van der Waals surface area contributed by atoms with Gasteiger partial charge >= 0.3 is 0 Å². The average molecular weight is 1450 g/mol. The highest BCUT2D eigenvalue weighted by molar-refractivity contribution is 7.17. The van der Waals surface area contributed by atoms with Gasteiger partial charge in [0.25, 0.3) is 17.7 Å². The Kier molecular flexibility index (Phi) is 22.1. The number of aliphatic hydroxyl groups is 6. The molecule has 542 valence electrons. The molecule has 4 aromatic carbocycles. The molecule has 0 spiro atoms. The number of rotatable bonds is 29. The molecular formula is C73H83F3N16O9S2. The zero-order valence-electron chi connectivity index (χ0n) is 58.0. The predicted molar refractivity (Wildman–Crippen MR) is 395 cm³/mol. The van der Waals surface area contributed by atoms with Crippen LogP contribution in [0.1, 0.15) is 118 Å². The second kappa shape index (κ2) is 30.6. The number of hydrogen-bond acceptors (Lipinski definition) is 24. The van der Waals surface area contributed by atoms with E-state index in [0.717, 1.165) is 14.9 Å². The molecule has 1 aliphatic carbocycles. The number of pyridine rings is 3. The first-order chi connectivity index (χ1) is 48.8. The zero-order chi connectivity index (χ0) is 73.9. The molecule has 0 radical (unpaired) electrons. The van der Waals surface area contributed by atoms with Gasteiger partial charge in [-0.1, -0.05) is 12.1 Å². The summed E-state index contributed by atoms with van der Waals surface area (Å²) in [4.78, 5) is 77.9. The van der Waals surface area contributed by atoms with E-state index in [1.165, 1.54) is 89.1 Å². The molecule has 10 aromatic rings. The predicted octanol–water partition coefficient (Wildman–Crippen LogP) is 10.6. The van der Waals surface area contributed by atoms with Crippen molar-refractivity contribution in [3.8, 4) is 0 Å². The van der Waals surface area contributed by atoms with Crippen LogP contribution in [0.2, 0.25) is 0 Å². The van der Waals surface area contributed by atoms with Gasteiger partial charge in [-0.2, -0.15) is 0 Å². The van der Waals surface area contributed by atoms with Gasteiger partial charge in [0.2, 0.25) is 0 Å². The number of benzene rings is 4. The maximum absolute atomic E-state index is 15.5. The Morgan fingerprint density at radius 3 is 1.73 bits per heavy atom. The fourth-order valence-corrected chi connectivity index (χ4v) is 13.4. The standard InChI is InChI=1S/C73H83F3N16O9S2/c1-39(2)87-54-25-64(79-30-48(54)68(96)82-33-60(75)71(5,6)99)91(45-15-18-50-41(20-45)28-77-36-84-50)44-13-10-40(11-14-44)66(56(94)35-93)90-55-26-65(80-31-49(55)69(97)83-34-61(76)72(7,8)100)92(46-16-19-52-58(23-46)103-38-86-52)62-22-43(27-73(62,9)101)88-53-24-63(89-42-12-17-51-57(21-42)102-37-85-51)78-29-47(53)67(95)81-32-59(74)70(3,4)98/h10-21,23-26,28-31,36-39,43,56,59-62,66,93-94,98-101H,22,27,32-35H2,1-9H3,(H,79,87)(H,80,90)(H,81,95)(H,82,96)(H,83,97)(H2,78,88,89). The Bertz CT molecular complexity index is 4690. The maximum Gasteiger partial charge on any atom is 0.255 e. The minimum atomic E-state index is -1.92. The molecule has 1 aliphatic rings. The van der Waals surface area contributed by atoms with Crippen molar-refractivity contribution in [3.05, 3.63) is 161 Å². The van der Waals surface area contributed by atoms with Crippen LogP contribution < -0.4 is 47.0 Å². The number of anilines is 10. The van der Waals surface area contributed by atoms with Crippen molar-refractivity contribution in [2.45, 2.75) is 146 Å². The van der Waals surface area contributed by atoms with Crippen LogP contribution in [0.3, 0.4) is 0 Å². The van der Waals surface area contributed by atoms with Gasteiger partial charge in [0, 0.05) is 83.2 Å². The van der Waals surface area contributed by atoms with Gasteiger partial charge in [-0.05, 0) is 147 Å². The van der Waals surface area contributed by atoms with Gasteiger partial charge in [0.15, 0.2) is 0 Å². The Balaban J connectivity index is 0.973. The monoisotopic (exact) mass is 1450 g/mol. The highest BCUT2D eigenvalue weighted by Crippen LogP contribution is 2.45. The zero-order valence-corrected chi connectivity index (χ0v) is 59.7. The van der Waals surface area contributed by atoms with E-state index in [0.29, 0.717) is 62.1 Å². The molecule has 8 atom stereocenters. The van der Waals surface area contributed by atoms with Gasteiger partial charge in [-0.25, -0.2) is 48.1 Å². The Labute approximate surface area is 600 Å². The third kappa shape index (κ3) is 17.5. The third-order valence-electron chi connectivity index (χ3n) is 17.9. The van der Waals surface area contributed by atoms with Crippen molar-refractivity contribution in [1.82, 2.24) is 50.8 Å². The number of thiazole rings is 2. The van der Waals surface area contributed by atoms with Crippen LogP contribution in [0.15, 0.2) is 139 Å². The van der Waals surface area contributed by atoms with Crippen molar-refractivity contribution in [2.24, 2.45) is 0 Å². The summed E-state index contributed by atoms with van der Waals surface area (Å²) < 4.78 is 47.3. The SMILES string of the molecule is CC(C)Nc1cc(N(c2ccc(C(Nc3cc(N(c4ccc5ncsc5c4)C4CC(Nc5cc(Nc6ccc7ncsc7c6)ncc5C(=O)NCC(F)C(C)(C)O)CC4(C)O)ncc3C(=O)NCC(F)C(C)(C)O)C(O)CO)cc2)c2ccc3ncncc3c2)ncc1C(=O)NCC(F)C(C)(C)O. The van der Waals surface area contributed by atoms with E-state index in [-0.39, 0.29) is 52.8 Å². The van der Waals surface area contributed by atoms with E-state index in [1.54, 1.807) is 71.5 Å². The summed E-state index contributed by atoms with van der Waals surface area (Å²) in [5.41, 5.74) is 2.05. The summed E-state index contributed by atoms with van der Waals surface area (Å²) in [7, 11) is 0. The molecule has 1 fully saturated rings. The largest absolute Gasteiger partial charge is 0.394 e. The Morgan fingerprint density at radius 1 is 0.612 bits per heavy atom. The molecule has 8 unspecified atom stereocenters. The number of halogens is 3. The molecule has 3 amide bonds. The Hall–Kier alpha value is -9.79. The number of aromatic nitrogens is 7. The fourth-order valence-electron chi connectivity index (χ4n) is 12.0. The van der Waals surface area contributed by atoms with E-state index in [9.17, 15) is 49.4 Å². The number of hydrogen-bond donors (Lipinski definition) is 13.